The molecule has 0 saturated carbocycles. The third kappa shape index (κ3) is 1.56. The Morgan fingerprint density at radius 1 is 1.35 bits per heavy atom. The maximum atomic E-state index is 10.9. The fourth-order valence-corrected chi connectivity index (χ4v) is 2.16. The van der Waals surface area contributed by atoms with Crippen molar-refractivity contribution in [3.05, 3.63) is 35.6 Å². The molecular formula is C10H6N4O2S. The molecule has 0 aromatic carbocycles. The van der Waals surface area contributed by atoms with E-state index < -0.39 is 5.97 Å². The number of carboxylic acids is 1. The van der Waals surface area contributed by atoms with Crippen LogP contribution in [0.2, 0.25) is 0 Å². The fraction of sp³-hybridized carbons (Fsp3) is 0. The van der Waals surface area contributed by atoms with E-state index in [9.17, 15) is 4.79 Å². The van der Waals surface area contributed by atoms with E-state index in [1.807, 2.05) is 5.38 Å². The highest BCUT2D eigenvalue weighted by molar-refractivity contribution is 7.13. The van der Waals surface area contributed by atoms with Crippen LogP contribution in [0.4, 0.5) is 0 Å². The Morgan fingerprint density at radius 3 is 2.94 bits per heavy atom. The van der Waals surface area contributed by atoms with Crippen molar-refractivity contribution in [2.24, 2.45) is 0 Å². The molecule has 17 heavy (non-hydrogen) atoms. The van der Waals surface area contributed by atoms with E-state index in [0.29, 0.717) is 5.65 Å². The van der Waals surface area contributed by atoms with Gasteiger partial charge in [-0.3, -0.25) is 0 Å². The Kier molecular flexibility index (Phi) is 2.12. The van der Waals surface area contributed by atoms with Crippen LogP contribution in [0.1, 0.15) is 10.5 Å². The van der Waals surface area contributed by atoms with Gasteiger partial charge < -0.3 is 5.11 Å². The van der Waals surface area contributed by atoms with Crippen LogP contribution in [-0.4, -0.2) is 30.7 Å². The largest absolute Gasteiger partial charge is 0.476 e. The van der Waals surface area contributed by atoms with Gasteiger partial charge in [0, 0.05) is 23.8 Å². The Labute approximate surface area is 99.2 Å². The lowest BCUT2D eigenvalue weighted by Gasteiger charge is -1.99. The van der Waals surface area contributed by atoms with Crippen LogP contribution in [0.25, 0.3) is 16.3 Å². The number of nitrogens with zero attached hydrogens (tertiary/aromatic N) is 4. The lowest BCUT2D eigenvalue weighted by Crippen LogP contribution is -1.99. The first-order valence-corrected chi connectivity index (χ1v) is 5.61. The third-order valence-electron chi connectivity index (χ3n) is 2.23. The summed E-state index contributed by atoms with van der Waals surface area (Å²) in [6, 6.07) is 3.18. The van der Waals surface area contributed by atoms with E-state index in [0.717, 1.165) is 10.7 Å². The second-order valence-corrected chi connectivity index (χ2v) is 4.17. The lowest BCUT2D eigenvalue weighted by atomic mass is 10.4. The number of thiazole rings is 1. The van der Waals surface area contributed by atoms with Crippen LogP contribution >= 0.6 is 11.3 Å². The molecule has 0 amide bonds. The van der Waals surface area contributed by atoms with E-state index in [1.165, 1.54) is 21.9 Å². The summed E-state index contributed by atoms with van der Waals surface area (Å²) in [5.41, 5.74) is 1.20. The third-order valence-corrected chi connectivity index (χ3v) is 3.02. The van der Waals surface area contributed by atoms with Crippen molar-refractivity contribution < 1.29 is 9.90 Å². The molecule has 0 aliphatic heterocycles. The zero-order chi connectivity index (χ0) is 11.8. The predicted octanol–water partition coefficient (Wildman–Crippen LogP) is 1.55. The highest BCUT2D eigenvalue weighted by Gasteiger charge is 2.13. The van der Waals surface area contributed by atoms with E-state index in [1.54, 1.807) is 18.5 Å². The lowest BCUT2D eigenvalue weighted by molar-refractivity contribution is 0.0690. The van der Waals surface area contributed by atoms with Crippen LogP contribution in [0.5, 0.6) is 0 Å². The van der Waals surface area contributed by atoms with Crippen LogP contribution in [0, 0.1) is 0 Å². The van der Waals surface area contributed by atoms with Crippen molar-refractivity contribution >= 4 is 23.0 Å². The molecule has 0 fully saturated rings. The minimum Gasteiger partial charge on any atom is -0.476 e. The summed E-state index contributed by atoms with van der Waals surface area (Å²) in [6.45, 7) is 0. The van der Waals surface area contributed by atoms with Gasteiger partial charge in [-0.2, -0.15) is 5.10 Å². The summed E-state index contributed by atoms with van der Waals surface area (Å²) in [5, 5.41) is 15.5. The first-order chi connectivity index (χ1) is 8.25. The molecule has 0 radical (unpaired) electrons. The standard InChI is InChI=1S/C10H6N4O2S/c15-10(16)6-5-8-11-2-1-7(14(8)13-6)9-12-3-4-17-9/h1-5H,(H,15,16). The zero-order valence-corrected chi connectivity index (χ0v) is 9.26. The van der Waals surface area contributed by atoms with Gasteiger partial charge >= 0.3 is 5.97 Å². The molecule has 3 aromatic heterocycles. The second kappa shape index (κ2) is 3.63. The summed E-state index contributed by atoms with van der Waals surface area (Å²) in [6.07, 6.45) is 3.30. The Bertz CT molecular complexity index is 689. The van der Waals surface area contributed by atoms with Gasteiger partial charge in [-0.15, -0.1) is 11.3 Å². The number of carbonyl (C=O) groups is 1. The minimum absolute atomic E-state index is 0.0264. The number of fused-ring (bicyclic) bond motifs is 1. The van der Waals surface area contributed by atoms with Gasteiger partial charge in [0.1, 0.15) is 10.7 Å². The molecule has 3 aromatic rings. The average Bonchev–Trinajstić information content (AvgIpc) is 2.97. The van der Waals surface area contributed by atoms with E-state index in [-0.39, 0.29) is 5.69 Å². The van der Waals surface area contributed by atoms with Crippen LogP contribution < -0.4 is 0 Å². The minimum atomic E-state index is -1.07. The number of aromatic nitrogens is 4. The van der Waals surface area contributed by atoms with Crippen molar-refractivity contribution in [3.63, 3.8) is 0 Å². The van der Waals surface area contributed by atoms with E-state index in [2.05, 4.69) is 15.1 Å². The van der Waals surface area contributed by atoms with E-state index >= 15 is 0 Å². The summed E-state index contributed by atoms with van der Waals surface area (Å²) in [5.74, 6) is -1.07. The molecule has 0 aliphatic carbocycles. The smallest absolute Gasteiger partial charge is 0.356 e. The SMILES string of the molecule is O=C(O)c1cc2nccc(-c3nccs3)n2n1. The molecular weight excluding hydrogens is 240 g/mol. The number of hydrogen-bond donors (Lipinski definition) is 1. The van der Waals surface area contributed by atoms with Gasteiger partial charge in [0.25, 0.3) is 0 Å². The molecule has 0 saturated heterocycles. The predicted molar refractivity (Wildman–Crippen MR) is 61.1 cm³/mol. The highest BCUT2D eigenvalue weighted by atomic mass is 32.1. The van der Waals surface area contributed by atoms with Crippen molar-refractivity contribution in [2.75, 3.05) is 0 Å². The topological polar surface area (TPSA) is 80.4 Å². The molecule has 6 nitrogen and oxygen atoms in total. The Morgan fingerprint density at radius 2 is 2.24 bits per heavy atom. The van der Waals surface area contributed by atoms with Crippen molar-refractivity contribution in [1.82, 2.24) is 19.6 Å². The fourth-order valence-electron chi connectivity index (χ4n) is 1.51. The van der Waals surface area contributed by atoms with Gasteiger partial charge in [-0.1, -0.05) is 0 Å². The van der Waals surface area contributed by atoms with Crippen molar-refractivity contribution in [3.8, 4) is 10.7 Å². The van der Waals surface area contributed by atoms with Crippen LogP contribution in [0.3, 0.4) is 0 Å². The Hall–Kier alpha value is -2.28. The van der Waals surface area contributed by atoms with Gasteiger partial charge in [0.15, 0.2) is 11.3 Å². The zero-order valence-electron chi connectivity index (χ0n) is 8.44. The first kappa shape index (κ1) is 9.91. The molecule has 1 N–H and O–H groups in total. The number of rotatable bonds is 2. The quantitative estimate of drug-likeness (QED) is 0.742. The summed E-state index contributed by atoms with van der Waals surface area (Å²) >= 11 is 1.46. The van der Waals surface area contributed by atoms with Gasteiger partial charge in [-0.25, -0.2) is 19.3 Å². The molecule has 84 valence electrons. The van der Waals surface area contributed by atoms with Crippen LogP contribution in [0.15, 0.2) is 29.9 Å². The van der Waals surface area contributed by atoms with Crippen LogP contribution in [-0.2, 0) is 0 Å². The summed E-state index contributed by atoms with van der Waals surface area (Å²) in [7, 11) is 0. The molecule has 7 heteroatoms. The van der Waals surface area contributed by atoms with Gasteiger partial charge in [0.2, 0.25) is 0 Å². The van der Waals surface area contributed by atoms with Crippen molar-refractivity contribution in [2.45, 2.75) is 0 Å². The summed E-state index contributed by atoms with van der Waals surface area (Å²) in [4.78, 5) is 19.1. The molecule has 3 heterocycles. The molecule has 3 rings (SSSR count). The average molecular weight is 246 g/mol. The maximum Gasteiger partial charge on any atom is 0.356 e. The van der Waals surface area contributed by atoms with E-state index in [4.69, 9.17) is 5.11 Å². The number of hydrogen-bond acceptors (Lipinski definition) is 5. The first-order valence-electron chi connectivity index (χ1n) is 4.73. The van der Waals surface area contributed by atoms with Gasteiger partial charge in [0.05, 0.1) is 0 Å². The maximum absolute atomic E-state index is 10.9. The molecule has 0 spiro atoms. The molecule has 0 unspecified atom stereocenters. The van der Waals surface area contributed by atoms with Crippen molar-refractivity contribution in [1.29, 1.82) is 0 Å². The molecule has 0 atom stereocenters. The number of aromatic carboxylic acids is 1. The number of carboxylic acid groups (broad SMARTS) is 1. The summed E-state index contributed by atoms with van der Waals surface area (Å²) < 4.78 is 1.49. The molecule has 0 aliphatic rings. The van der Waals surface area contributed by atoms with Gasteiger partial charge in [-0.05, 0) is 6.07 Å². The Balaban J connectivity index is 2.29. The molecule has 0 bridgehead atoms. The normalized spacial score (nSPS) is 10.8. The highest BCUT2D eigenvalue weighted by Crippen LogP contribution is 2.21. The second-order valence-electron chi connectivity index (χ2n) is 3.27. The monoisotopic (exact) mass is 246 g/mol.